The summed E-state index contributed by atoms with van der Waals surface area (Å²) in [5.41, 5.74) is 0.887. The van der Waals surface area contributed by atoms with Crippen LogP contribution in [0.4, 0.5) is 0 Å². The van der Waals surface area contributed by atoms with Crippen molar-refractivity contribution in [2.75, 3.05) is 13.2 Å². The summed E-state index contributed by atoms with van der Waals surface area (Å²) in [5, 5.41) is 17.8. The van der Waals surface area contributed by atoms with E-state index in [1.165, 1.54) is 0 Å². The first-order valence-corrected chi connectivity index (χ1v) is 8.20. The molecule has 1 unspecified atom stereocenters. The van der Waals surface area contributed by atoms with Crippen molar-refractivity contribution < 1.29 is 13.5 Å². The summed E-state index contributed by atoms with van der Waals surface area (Å²) in [6.45, 7) is 2.38. The lowest BCUT2D eigenvalue weighted by Crippen LogP contribution is -2.26. The van der Waals surface area contributed by atoms with Gasteiger partial charge >= 0.3 is 0 Å². The van der Waals surface area contributed by atoms with Crippen LogP contribution in [0.25, 0.3) is 0 Å². The predicted octanol–water partition coefficient (Wildman–Crippen LogP) is 1.39. The molecule has 0 saturated heterocycles. The third-order valence-corrected chi connectivity index (χ3v) is 4.33. The number of nitrogens with one attached hydrogen (secondary N) is 1. The molecule has 0 aliphatic rings. The first-order chi connectivity index (χ1) is 9.48. The molecule has 0 fully saturated rings. The van der Waals surface area contributed by atoms with Gasteiger partial charge in [0.2, 0.25) is 10.0 Å². The van der Waals surface area contributed by atoms with Crippen molar-refractivity contribution in [3.05, 3.63) is 35.4 Å². The van der Waals surface area contributed by atoms with Gasteiger partial charge in [-0.25, -0.2) is 13.1 Å². The number of hydrogen-bond donors (Lipinski definition) is 2. The Labute approximate surface area is 120 Å². The molecule has 1 aromatic carbocycles. The summed E-state index contributed by atoms with van der Waals surface area (Å²) >= 11 is 0. The van der Waals surface area contributed by atoms with E-state index in [2.05, 4.69) is 4.72 Å². The second-order valence-corrected chi connectivity index (χ2v) is 6.66. The summed E-state index contributed by atoms with van der Waals surface area (Å²) in [6, 6.07) is 8.66. The zero-order valence-corrected chi connectivity index (χ0v) is 12.4. The minimum absolute atomic E-state index is 0.113. The second-order valence-electron chi connectivity index (χ2n) is 4.85. The van der Waals surface area contributed by atoms with Crippen molar-refractivity contribution in [2.24, 2.45) is 5.92 Å². The van der Waals surface area contributed by atoms with Crippen LogP contribution in [-0.2, 0) is 15.8 Å². The predicted molar refractivity (Wildman–Crippen MR) is 77.3 cm³/mol. The molecule has 1 aromatic rings. The van der Waals surface area contributed by atoms with E-state index in [1.54, 1.807) is 24.3 Å². The highest BCUT2D eigenvalue weighted by atomic mass is 32.2. The van der Waals surface area contributed by atoms with E-state index in [-0.39, 0.29) is 18.3 Å². The van der Waals surface area contributed by atoms with Crippen molar-refractivity contribution in [3.8, 4) is 6.07 Å². The summed E-state index contributed by atoms with van der Waals surface area (Å²) in [5.74, 6) is -0.00875. The lowest BCUT2D eigenvalue weighted by molar-refractivity contribution is 0.228. The van der Waals surface area contributed by atoms with Crippen molar-refractivity contribution in [1.82, 2.24) is 4.72 Å². The van der Waals surface area contributed by atoms with Gasteiger partial charge in [0, 0.05) is 13.2 Å². The van der Waals surface area contributed by atoms with Crippen LogP contribution in [-0.4, -0.2) is 26.7 Å². The van der Waals surface area contributed by atoms with E-state index < -0.39 is 10.0 Å². The number of rotatable bonds is 8. The van der Waals surface area contributed by atoms with Crippen LogP contribution in [0.1, 0.15) is 30.9 Å². The van der Waals surface area contributed by atoms with Gasteiger partial charge in [0.25, 0.3) is 0 Å². The quantitative estimate of drug-likeness (QED) is 0.709. The Morgan fingerprint density at radius 3 is 2.75 bits per heavy atom. The van der Waals surface area contributed by atoms with Gasteiger partial charge in [-0.15, -0.1) is 0 Å². The molecule has 0 spiro atoms. The minimum Gasteiger partial charge on any atom is -0.396 e. The lowest BCUT2D eigenvalue weighted by Gasteiger charge is -2.09. The van der Waals surface area contributed by atoms with E-state index >= 15 is 0 Å². The maximum Gasteiger partial charge on any atom is 0.215 e. The van der Waals surface area contributed by atoms with Gasteiger partial charge in [0.1, 0.15) is 0 Å². The van der Waals surface area contributed by atoms with E-state index in [0.29, 0.717) is 24.1 Å². The number of sulfonamides is 1. The number of aliphatic hydroxyl groups is 1. The number of nitriles is 1. The van der Waals surface area contributed by atoms with Gasteiger partial charge in [-0.2, -0.15) is 5.26 Å². The van der Waals surface area contributed by atoms with Crippen molar-refractivity contribution in [2.45, 2.75) is 25.5 Å². The van der Waals surface area contributed by atoms with Gasteiger partial charge in [-0.1, -0.05) is 25.1 Å². The van der Waals surface area contributed by atoms with Crippen molar-refractivity contribution in [3.63, 3.8) is 0 Å². The zero-order chi connectivity index (χ0) is 15.0. The van der Waals surface area contributed by atoms with Crippen molar-refractivity contribution >= 4 is 10.0 Å². The molecule has 110 valence electrons. The Morgan fingerprint density at radius 1 is 1.40 bits per heavy atom. The molecule has 0 aliphatic carbocycles. The summed E-state index contributed by atoms with van der Waals surface area (Å²) in [6.07, 6.45) is 1.45. The molecule has 1 atom stereocenters. The largest absolute Gasteiger partial charge is 0.396 e. The van der Waals surface area contributed by atoms with Crippen LogP contribution in [0.5, 0.6) is 0 Å². The molecule has 0 aliphatic heterocycles. The van der Waals surface area contributed by atoms with Crippen LogP contribution in [0.15, 0.2) is 24.3 Å². The molecule has 20 heavy (non-hydrogen) atoms. The van der Waals surface area contributed by atoms with E-state index in [1.807, 2.05) is 13.0 Å². The molecule has 2 N–H and O–H groups in total. The van der Waals surface area contributed by atoms with Crippen LogP contribution < -0.4 is 4.72 Å². The summed E-state index contributed by atoms with van der Waals surface area (Å²) in [4.78, 5) is 0. The molecule has 5 nitrogen and oxygen atoms in total. The third-order valence-electron chi connectivity index (χ3n) is 2.99. The Morgan fingerprint density at radius 2 is 2.10 bits per heavy atom. The molecule has 0 bridgehead atoms. The average molecular weight is 296 g/mol. The Balaban J connectivity index is 2.52. The van der Waals surface area contributed by atoms with Crippen LogP contribution in [0.2, 0.25) is 0 Å². The molecule has 1 rings (SSSR count). The molecule has 0 saturated carbocycles. The fraction of sp³-hybridized carbons (Fsp3) is 0.500. The second kappa shape index (κ2) is 8.00. The highest BCUT2D eigenvalue weighted by Crippen LogP contribution is 2.11. The van der Waals surface area contributed by atoms with E-state index in [9.17, 15) is 8.42 Å². The lowest BCUT2D eigenvalue weighted by atomic mass is 10.1. The molecule has 0 radical (unpaired) electrons. The highest BCUT2D eigenvalue weighted by Gasteiger charge is 2.13. The Hall–Kier alpha value is -1.42. The van der Waals surface area contributed by atoms with E-state index in [0.717, 1.165) is 6.42 Å². The molecule has 6 heteroatoms. The highest BCUT2D eigenvalue weighted by molar-refractivity contribution is 7.88. The first kappa shape index (κ1) is 16.6. The zero-order valence-electron chi connectivity index (χ0n) is 11.5. The van der Waals surface area contributed by atoms with Crippen molar-refractivity contribution in [1.29, 1.82) is 5.26 Å². The number of hydrogen-bond acceptors (Lipinski definition) is 4. The third kappa shape index (κ3) is 5.70. The monoisotopic (exact) mass is 296 g/mol. The summed E-state index contributed by atoms with van der Waals surface area (Å²) < 4.78 is 26.3. The van der Waals surface area contributed by atoms with E-state index in [4.69, 9.17) is 10.4 Å². The van der Waals surface area contributed by atoms with Gasteiger partial charge < -0.3 is 5.11 Å². The van der Waals surface area contributed by atoms with Gasteiger partial charge in [-0.3, -0.25) is 0 Å². The number of aliphatic hydroxyl groups excluding tert-OH is 1. The fourth-order valence-electron chi connectivity index (χ4n) is 1.78. The van der Waals surface area contributed by atoms with Gasteiger partial charge in [0.05, 0.1) is 17.4 Å². The minimum atomic E-state index is -3.44. The number of benzene rings is 1. The summed E-state index contributed by atoms with van der Waals surface area (Å²) in [7, 11) is -3.44. The first-order valence-electron chi connectivity index (χ1n) is 6.54. The van der Waals surface area contributed by atoms with Crippen LogP contribution in [0, 0.1) is 17.2 Å². The van der Waals surface area contributed by atoms with Crippen LogP contribution in [0.3, 0.4) is 0 Å². The average Bonchev–Trinajstić information content (AvgIpc) is 2.43. The Bertz CT molecular complexity index is 564. The molecule has 0 heterocycles. The smallest absolute Gasteiger partial charge is 0.215 e. The normalized spacial score (nSPS) is 12.8. The SMILES string of the molecule is CC(CO)CCCNS(=O)(=O)Cc1ccccc1C#N. The standard InChI is InChI=1S/C14H20N2O3S/c1-12(10-17)5-4-8-16-20(18,19)11-14-7-3-2-6-13(14)9-15/h2-3,6-7,12,16-17H,4-5,8,10-11H2,1H3. The maximum absolute atomic E-state index is 11.9. The van der Waals surface area contributed by atoms with Gasteiger partial charge in [0.15, 0.2) is 0 Å². The molecule has 0 amide bonds. The maximum atomic E-state index is 11.9. The van der Waals surface area contributed by atoms with Gasteiger partial charge in [-0.05, 0) is 30.4 Å². The van der Waals surface area contributed by atoms with Crippen LogP contribution >= 0.6 is 0 Å². The molecular formula is C14H20N2O3S. The number of nitrogens with zero attached hydrogens (tertiary/aromatic N) is 1. The topological polar surface area (TPSA) is 90.2 Å². The fourth-order valence-corrected chi connectivity index (χ4v) is 3.00. The molecular weight excluding hydrogens is 276 g/mol. The molecule has 0 aromatic heterocycles. The Kier molecular flexibility index (Phi) is 6.65.